The van der Waals surface area contributed by atoms with E-state index >= 15 is 0 Å². The minimum atomic E-state index is 0.681. The van der Waals surface area contributed by atoms with E-state index in [9.17, 15) is 14.4 Å². The lowest BCUT2D eigenvalue weighted by Crippen LogP contribution is -2.02. The molecule has 0 unspecified atom stereocenters. The van der Waals surface area contributed by atoms with Crippen molar-refractivity contribution >= 4 is 84.3 Å². The molecule has 3 aromatic heterocycles. The van der Waals surface area contributed by atoms with Crippen LogP contribution in [0.3, 0.4) is 0 Å². The SMILES string of the molecule is CCCCCCCCCCCCn1c2ccc(C=O)cc2c2c1c1c3cc(C=O)ccc3n(CCCCCCCCCCCC)c1c1c3cc(C=O)ccc3n(CCCCCCCCCCCC)c21. The van der Waals surface area contributed by atoms with Crippen molar-refractivity contribution in [3.05, 3.63) is 71.3 Å². The average molecular weight is 934 g/mol. The van der Waals surface area contributed by atoms with Crippen molar-refractivity contribution in [3.8, 4) is 0 Å². The van der Waals surface area contributed by atoms with Crippen LogP contribution in [-0.2, 0) is 19.6 Å². The van der Waals surface area contributed by atoms with Crippen molar-refractivity contribution in [1.29, 1.82) is 0 Å². The summed E-state index contributed by atoms with van der Waals surface area (Å²) in [5, 5.41) is 6.89. The van der Waals surface area contributed by atoms with E-state index in [-0.39, 0.29) is 0 Å². The minimum Gasteiger partial charge on any atom is -0.340 e. The second-order valence-corrected chi connectivity index (χ2v) is 20.9. The molecule has 0 aliphatic rings. The first-order chi connectivity index (χ1) is 34.1. The zero-order valence-electron chi connectivity index (χ0n) is 43.3. The third-order valence-corrected chi connectivity index (χ3v) is 15.6. The standard InChI is InChI=1S/C63H87N3O3/c1-4-7-10-13-16-19-22-25-28-31-40-64-55-37-34-49(46-67)43-52(55)58-61(64)59-53-44-50(47-68)35-38-56(53)65(41-32-29-26-23-20-17-14-11-8-5-2)63(59)60-54-45-51(48-69)36-39-57(54)66(62(58)60)42-33-30-27-24-21-18-15-12-9-6-3/h34-39,43-48H,4-33,40-42H2,1-3H3. The molecule has 0 fully saturated rings. The van der Waals surface area contributed by atoms with Crippen LogP contribution in [0.5, 0.6) is 0 Å². The second kappa shape index (κ2) is 27.6. The molecule has 0 bridgehead atoms. The van der Waals surface area contributed by atoms with Crippen LogP contribution in [0.1, 0.15) is 244 Å². The van der Waals surface area contributed by atoms with Gasteiger partial charge in [-0.2, -0.15) is 0 Å². The third-order valence-electron chi connectivity index (χ3n) is 15.6. The zero-order valence-corrected chi connectivity index (χ0v) is 43.3. The molecule has 69 heavy (non-hydrogen) atoms. The monoisotopic (exact) mass is 934 g/mol. The van der Waals surface area contributed by atoms with Crippen molar-refractivity contribution in [3.63, 3.8) is 0 Å². The highest BCUT2D eigenvalue weighted by atomic mass is 16.1. The molecule has 6 heteroatoms. The number of carbonyl (C=O) groups is 3. The van der Waals surface area contributed by atoms with Gasteiger partial charge in [0.1, 0.15) is 18.9 Å². The van der Waals surface area contributed by atoms with E-state index in [4.69, 9.17) is 0 Å². The topological polar surface area (TPSA) is 66.0 Å². The van der Waals surface area contributed by atoms with Gasteiger partial charge in [0.15, 0.2) is 0 Å². The van der Waals surface area contributed by atoms with Crippen LogP contribution in [0.25, 0.3) is 65.4 Å². The van der Waals surface area contributed by atoms with Gasteiger partial charge < -0.3 is 13.7 Å². The fraction of sp³-hybridized carbons (Fsp3) is 0.571. The summed E-state index contributed by atoms with van der Waals surface area (Å²) in [4.78, 5) is 37.9. The average Bonchev–Trinajstić information content (AvgIpc) is 3.99. The summed E-state index contributed by atoms with van der Waals surface area (Å²) >= 11 is 0. The van der Waals surface area contributed by atoms with E-state index in [0.717, 1.165) is 90.5 Å². The fourth-order valence-electron chi connectivity index (χ4n) is 11.8. The van der Waals surface area contributed by atoms with E-state index in [1.807, 2.05) is 18.2 Å². The summed E-state index contributed by atoms with van der Waals surface area (Å²) in [5.74, 6) is 0. The number of benzene rings is 4. The number of aromatic nitrogens is 3. The smallest absolute Gasteiger partial charge is 0.150 e. The fourth-order valence-corrected chi connectivity index (χ4v) is 11.8. The summed E-state index contributed by atoms with van der Waals surface area (Å²) < 4.78 is 7.76. The Labute approximate surface area is 414 Å². The number of rotatable bonds is 36. The van der Waals surface area contributed by atoms with Crippen LogP contribution in [0.15, 0.2) is 54.6 Å². The molecule has 0 N–H and O–H groups in total. The first kappa shape index (κ1) is 52.1. The number of aldehydes is 3. The summed E-state index contributed by atoms with van der Waals surface area (Å²) in [6.07, 6.45) is 41.4. The number of hydrogen-bond acceptors (Lipinski definition) is 3. The Kier molecular flexibility index (Phi) is 20.9. The number of nitrogens with zero attached hydrogens (tertiary/aromatic N) is 3. The molecule has 0 aliphatic heterocycles. The molecule has 3 heterocycles. The molecule has 0 spiro atoms. The molecule has 7 rings (SSSR count). The van der Waals surface area contributed by atoms with Crippen LogP contribution in [0, 0.1) is 0 Å². The van der Waals surface area contributed by atoms with Gasteiger partial charge in [0.2, 0.25) is 0 Å². The van der Waals surface area contributed by atoms with Crippen molar-refractivity contribution in [2.75, 3.05) is 0 Å². The molecule has 0 saturated carbocycles. The Morgan fingerprint density at radius 3 is 0.739 bits per heavy atom. The first-order valence-corrected chi connectivity index (χ1v) is 28.4. The van der Waals surface area contributed by atoms with Crippen LogP contribution in [0.4, 0.5) is 0 Å². The molecule has 0 amide bonds. The lowest BCUT2D eigenvalue weighted by molar-refractivity contribution is 0.111. The van der Waals surface area contributed by atoms with Gasteiger partial charge in [-0.15, -0.1) is 0 Å². The Bertz CT molecular complexity index is 2400. The van der Waals surface area contributed by atoms with E-state index in [1.165, 1.54) is 206 Å². The van der Waals surface area contributed by atoms with Gasteiger partial charge in [0.05, 0.1) is 16.6 Å². The van der Waals surface area contributed by atoms with Crippen molar-refractivity contribution in [2.24, 2.45) is 0 Å². The third kappa shape index (κ3) is 12.8. The van der Waals surface area contributed by atoms with E-state index in [0.29, 0.717) is 16.7 Å². The van der Waals surface area contributed by atoms with Gasteiger partial charge in [-0.05, 0) is 73.9 Å². The van der Waals surface area contributed by atoms with E-state index in [1.54, 1.807) is 0 Å². The number of unbranched alkanes of at least 4 members (excludes halogenated alkanes) is 27. The van der Waals surface area contributed by atoms with Gasteiger partial charge >= 0.3 is 0 Å². The predicted molar refractivity (Wildman–Crippen MR) is 297 cm³/mol. The van der Waals surface area contributed by atoms with Crippen LogP contribution < -0.4 is 0 Å². The van der Waals surface area contributed by atoms with Crippen LogP contribution in [0.2, 0.25) is 0 Å². The Morgan fingerprint density at radius 1 is 0.304 bits per heavy atom. The zero-order chi connectivity index (χ0) is 48.2. The highest BCUT2D eigenvalue weighted by Crippen LogP contribution is 2.49. The minimum absolute atomic E-state index is 0.681. The molecule has 4 aromatic carbocycles. The summed E-state index contributed by atoms with van der Waals surface area (Å²) in [7, 11) is 0. The number of carbonyl (C=O) groups excluding carboxylic acids is 3. The van der Waals surface area contributed by atoms with Gasteiger partial charge in [-0.1, -0.05) is 194 Å². The summed E-state index contributed by atoms with van der Waals surface area (Å²) in [5.41, 5.74) is 9.16. The van der Waals surface area contributed by atoms with Gasteiger partial charge in [0, 0.05) is 85.2 Å². The lowest BCUT2D eigenvalue weighted by atomic mass is 10.0. The molecular formula is C63H87N3O3. The van der Waals surface area contributed by atoms with Gasteiger partial charge in [0.25, 0.3) is 0 Å². The highest BCUT2D eigenvalue weighted by Gasteiger charge is 2.28. The maximum atomic E-state index is 12.6. The maximum Gasteiger partial charge on any atom is 0.150 e. The van der Waals surface area contributed by atoms with Gasteiger partial charge in [-0.3, -0.25) is 14.4 Å². The first-order valence-electron chi connectivity index (χ1n) is 28.4. The van der Waals surface area contributed by atoms with E-state index in [2.05, 4.69) is 70.9 Å². The molecule has 0 saturated heterocycles. The molecule has 0 aliphatic carbocycles. The molecular weight excluding hydrogens is 847 g/mol. The number of fused-ring (bicyclic) bond motifs is 12. The molecule has 0 radical (unpaired) electrons. The van der Waals surface area contributed by atoms with Gasteiger partial charge in [-0.25, -0.2) is 0 Å². The Balaban J connectivity index is 1.37. The summed E-state index contributed by atoms with van der Waals surface area (Å²) in [6, 6.07) is 18.9. The van der Waals surface area contributed by atoms with Crippen molar-refractivity contribution in [2.45, 2.75) is 233 Å². The quantitative estimate of drug-likeness (QED) is 0.0291. The normalized spacial score (nSPS) is 12.0. The second-order valence-electron chi connectivity index (χ2n) is 20.9. The number of hydrogen-bond donors (Lipinski definition) is 0. The van der Waals surface area contributed by atoms with Crippen LogP contribution >= 0.6 is 0 Å². The lowest BCUT2D eigenvalue weighted by Gasteiger charge is -2.13. The molecule has 6 nitrogen and oxygen atoms in total. The van der Waals surface area contributed by atoms with Crippen molar-refractivity contribution < 1.29 is 14.4 Å². The number of aryl methyl sites for hydroxylation is 3. The molecule has 7 aromatic rings. The Morgan fingerprint density at radius 2 is 0.522 bits per heavy atom. The van der Waals surface area contributed by atoms with Crippen molar-refractivity contribution in [1.82, 2.24) is 13.7 Å². The van der Waals surface area contributed by atoms with E-state index < -0.39 is 0 Å². The van der Waals surface area contributed by atoms with Crippen LogP contribution in [-0.4, -0.2) is 32.6 Å². The Hall–Kier alpha value is -4.71. The maximum absolute atomic E-state index is 12.6. The highest BCUT2D eigenvalue weighted by molar-refractivity contribution is 6.39. The molecule has 0 atom stereocenters. The summed E-state index contributed by atoms with van der Waals surface area (Å²) in [6.45, 7) is 9.50. The predicted octanol–water partition coefficient (Wildman–Crippen LogP) is 19.2. The largest absolute Gasteiger partial charge is 0.340 e. The molecule has 372 valence electrons.